The summed E-state index contributed by atoms with van der Waals surface area (Å²) in [5.41, 5.74) is 6.98. The van der Waals surface area contributed by atoms with Crippen molar-refractivity contribution in [3.63, 3.8) is 0 Å². The normalized spacial score (nSPS) is 10.1. The topological polar surface area (TPSA) is 24.7 Å². The first-order valence-corrected chi connectivity index (χ1v) is 7.09. The van der Waals surface area contributed by atoms with Gasteiger partial charge in [0.05, 0.1) is 11.4 Å². The minimum absolute atomic E-state index is 1.02. The molecule has 0 fully saturated rings. The van der Waals surface area contributed by atoms with Crippen molar-refractivity contribution < 1.29 is 0 Å². The first kappa shape index (κ1) is 16.8. The summed E-state index contributed by atoms with van der Waals surface area (Å²) >= 11 is 0. The molecule has 0 heterocycles. The summed E-state index contributed by atoms with van der Waals surface area (Å²) in [6.07, 6.45) is 1.83. The van der Waals surface area contributed by atoms with Gasteiger partial charge in [0, 0.05) is 6.21 Å². The average molecular weight is 280 g/mol. The Morgan fingerprint density at radius 2 is 1.14 bits per heavy atom. The van der Waals surface area contributed by atoms with Crippen LogP contribution in [0.2, 0.25) is 0 Å². The summed E-state index contributed by atoms with van der Waals surface area (Å²) in [5.74, 6) is 0. The van der Waals surface area contributed by atoms with Crippen molar-refractivity contribution >= 4 is 24.3 Å². The molecule has 110 valence electrons. The van der Waals surface area contributed by atoms with Crippen LogP contribution in [-0.4, -0.2) is 12.9 Å². The third-order valence-electron chi connectivity index (χ3n) is 3.30. The number of para-hydroxylation sites is 2. The van der Waals surface area contributed by atoms with Gasteiger partial charge < -0.3 is 0 Å². The van der Waals surface area contributed by atoms with Crippen LogP contribution in [0.3, 0.4) is 0 Å². The molecule has 0 bridgehead atoms. The molecule has 0 atom stereocenters. The van der Waals surface area contributed by atoms with Gasteiger partial charge in [0.25, 0.3) is 0 Å². The van der Waals surface area contributed by atoms with E-state index in [4.69, 9.17) is 0 Å². The highest BCUT2D eigenvalue weighted by Gasteiger charge is 1.97. The molecule has 0 spiro atoms. The Bertz CT molecular complexity index is 600. The van der Waals surface area contributed by atoms with E-state index in [1.807, 2.05) is 45.2 Å². The Morgan fingerprint density at radius 1 is 0.762 bits per heavy atom. The van der Waals surface area contributed by atoms with Crippen LogP contribution in [-0.2, 0) is 0 Å². The van der Waals surface area contributed by atoms with Gasteiger partial charge in [-0.15, -0.1) is 0 Å². The number of aryl methyl sites for hydroxylation is 4. The van der Waals surface area contributed by atoms with E-state index in [1.165, 1.54) is 22.3 Å². The lowest BCUT2D eigenvalue weighted by Gasteiger charge is -2.02. The zero-order valence-corrected chi connectivity index (χ0v) is 13.6. The lowest BCUT2D eigenvalue weighted by molar-refractivity contribution is 1.33. The van der Waals surface area contributed by atoms with E-state index >= 15 is 0 Å². The summed E-state index contributed by atoms with van der Waals surface area (Å²) in [6, 6.07) is 12.3. The molecule has 2 nitrogen and oxygen atoms in total. The van der Waals surface area contributed by atoms with Gasteiger partial charge in [-0.05, 0) is 63.6 Å². The molecule has 0 radical (unpaired) electrons. The van der Waals surface area contributed by atoms with Crippen LogP contribution in [0, 0.1) is 27.7 Å². The van der Waals surface area contributed by atoms with E-state index in [0.717, 1.165) is 11.4 Å². The zero-order valence-electron chi connectivity index (χ0n) is 13.6. The Balaban J connectivity index is 0.000000211. The highest BCUT2D eigenvalue weighted by atomic mass is 14.7. The number of hydrogen-bond donors (Lipinski definition) is 0. The summed E-state index contributed by atoms with van der Waals surface area (Å²) in [7, 11) is 0. The largest absolute Gasteiger partial charge is 0.264 e. The minimum Gasteiger partial charge on any atom is -0.264 e. The van der Waals surface area contributed by atoms with Gasteiger partial charge in [-0.3, -0.25) is 9.98 Å². The molecule has 0 saturated heterocycles. The Labute approximate surface area is 128 Å². The third-order valence-corrected chi connectivity index (χ3v) is 3.30. The maximum atomic E-state index is 4.28. The molecule has 2 heteroatoms. The fourth-order valence-electron chi connectivity index (χ4n) is 2.19. The predicted octanol–water partition coefficient (Wildman–Crippen LogP) is 5.66. The minimum atomic E-state index is 1.02. The van der Waals surface area contributed by atoms with Crippen molar-refractivity contribution in [3.05, 3.63) is 58.7 Å². The molecule has 0 aliphatic carbocycles. The van der Waals surface area contributed by atoms with E-state index in [9.17, 15) is 0 Å². The fraction of sp³-hybridized carbons (Fsp3) is 0.263. The zero-order chi connectivity index (χ0) is 15.8. The summed E-state index contributed by atoms with van der Waals surface area (Å²) < 4.78 is 0. The highest BCUT2D eigenvalue weighted by molar-refractivity contribution is 5.64. The highest BCUT2D eigenvalue weighted by Crippen LogP contribution is 2.22. The molecule has 2 rings (SSSR count). The SMILES string of the molecule is C=Nc1c(C)cccc1C.CC=Nc1c(C)cccc1C. The Hall–Kier alpha value is -2.22. The van der Waals surface area contributed by atoms with Crippen LogP contribution in [0.1, 0.15) is 29.2 Å². The number of nitrogens with zero attached hydrogens (tertiary/aromatic N) is 2. The smallest absolute Gasteiger partial charge is 0.0683 e. The van der Waals surface area contributed by atoms with E-state index < -0.39 is 0 Å². The van der Waals surface area contributed by atoms with Gasteiger partial charge in [0.15, 0.2) is 0 Å². The van der Waals surface area contributed by atoms with Gasteiger partial charge >= 0.3 is 0 Å². The molecule has 0 amide bonds. The van der Waals surface area contributed by atoms with Crippen LogP contribution >= 0.6 is 0 Å². The van der Waals surface area contributed by atoms with Crippen molar-refractivity contribution in [3.8, 4) is 0 Å². The second kappa shape index (κ2) is 8.15. The second-order valence-corrected chi connectivity index (χ2v) is 5.03. The first-order valence-electron chi connectivity index (χ1n) is 7.09. The van der Waals surface area contributed by atoms with E-state index in [1.54, 1.807) is 0 Å². The van der Waals surface area contributed by atoms with Gasteiger partial charge in [-0.2, -0.15) is 0 Å². The summed E-state index contributed by atoms with van der Waals surface area (Å²) in [4.78, 5) is 8.20. The Morgan fingerprint density at radius 3 is 1.43 bits per heavy atom. The van der Waals surface area contributed by atoms with Crippen LogP contribution in [0.15, 0.2) is 46.4 Å². The maximum absolute atomic E-state index is 4.28. The van der Waals surface area contributed by atoms with Crippen LogP contribution in [0.5, 0.6) is 0 Å². The second-order valence-electron chi connectivity index (χ2n) is 5.03. The quantitative estimate of drug-likeness (QED) is 0.634. The molecule has 0 aliphatic rings. The van der Waals surface area contributed by atoms with Gasteiger partial charge in [0.2, 0.25) is 0 Å². The third kappa shape index (κ3) is 4.67. The number of aliphatic imine (C=N–C) groups is 2. The number of benzene rings is 2. The molecule has 0 saturated carbocycles. The van der Waals surface area contributed by atoms with E-state index in [0.29, 0.717) is 0 Å². The monoisotopic (exact) mass is 280 g/mol. The maximum Gasteiger partial charge on any atom is 0.0683 e. The molecule has 0 unspecified atom stereocenters. The molecule has 2 aromatic carbocycles. The number of rotatable bonds is 2. The fourth-order valence-corrected chi connectivity index (χ4v) is 2.19. The molecule has 0 aliphatic heterocycles. The van der Waals surface area contributed by atoms with Crippen LogP contribution in [0.25, 0.3) is 0 Å². The number of hydrogen-bond acceptors (Lipinski definition) is 2. The van der Waals surface area contributed by atoms with Crippen LogP contribution < -0.4 is 0 Å². The van der Waals surface area contributed by atoms with Gasteiger partial charge in [-0.25, -0.2) is 0 Å². The van der Waals surface area contributed by atoms with Crippen molar-refractivity contribution in [1.82, 2.24) is 0 Å². The van der Waals surface area contributed by atoms with Crippen molar-refractivity contribution in [2.45, 2.75) is 34.6 Å². The summed E-state index contributed by atoms with van der Waals surface area (Å²) in [6.45, 7) is 13.7. The van der Waals surface area contributed by atoms with Crippen molar-refractivity contribution in [2.75, 3.05) is 0 Å². The van der Waals surface area contributed by atoms with Crippen LogP contribution in [0.4, 0.5) is 11.4 Å². The van der Waals surface area contributed by atoms with Gasteiger partial charge in [-0.1, -0.05) is 36.4 Å². The van der Waals surface area contributed by atoms with Crippen molar-refractivity contribution in [2.24, 2.45) is 9.98 Å². The average Bonchev–Trinajstić information content (AvgIpc) is 2.44. The van der Waals surface area contributed by atoms with E-state index in [-0.39, 0.29) is 0 Å². The van der Waals surface area contributed by atoms with Gasteiger partial charge in [0.1, 0.15) is 0 Å². The first-order chi connectivity index (χ1) is 10.0. The molecule has 2 aromatic rings. The molecule has 0 N–H and O–H groups in total. The van der Waals surface area contributed by atoms with Crippen molar-refractivity contribution in [1.29, 1.82) is 0 Å². The predicted molar refractivity (Wildman–Crippen MR) is 94.9 cm³/mol. The molecular formula is C19H24N2. The van der Waals surface area contributed by atoms with E-state index in [2.05, 4.69) is 48.7 Å². The summed E-state index contributed by atoms with van der Waals surface area (Å²) in [5, 5.41) is 0. The molecular weight excluding hydrogens is 256 g/mol. The standard InChI is InChI=1S/C10H13N.C9H11N/c1-4-11-10-8(2)6-5-7-9(10)3;1-7-5-4-6-8(2)9(7)10-3/h4-7H,1-3H3;4-6H,3H2,1-2H3. The Kier molecular flexibility index (Phi) is 6.54. The molecule has 0 aromatic heterocycles. The molecule has 21 heavy (non-hydrogen) atoms. The lowest BCUT2D eigenvalue weighted by Crippen LogP contribution is -1.78. The lowest BCUT2D eigenvalue weighted by atomic mass is 10.1.